The van der Waals surface area contributed by atoms with Crippen molar-refractivity contribution in [2.45, 2.75) is 31.8 Å². The molecule has 2 fully saturated rings. The van der Waals surface area contributed by atoms with Crippen LogP contribution in [-0.4, -0.2) is 51.8 Å². The molecule has 7 nitrogen and oxygen atoms in total. The lowest BCUT2D eigenvalue weighted by molar-refractivity contribution is 0.573. The Hall–Kier alpha value is -3.04. The fourth-order valence-corrected chi connectivity index (χ4v) is 5.59. The van der Waals surface area contributed by atoms with Gasteiger partial charge in [0.15, 0.2) is 16.6 Å². The molecular formula is C23H24FN7S. The van der Waals surface area contributed by atoms with Crippen LogP contribution in [0.15, 0.2) is 41.8 Å². The zero-order valence-electron chi connectivity index (χ0n) is 18.0. The van der Waals surface area contributed by atoms with Gasteiger partial charge in [0, 0.05) is 43.2 Å². The summed E-state index contributed by atoms with van der Waals surface area (Å²) < 4.78 is 15.2. The summed E-state index contributed by atoms with van der Waals surface area (Å²) in [5.41, 5.74) is 3.55. The molecule has 0 saturated carbocycles. The Labute approximate surface area is 189 Å². The quantitative estimate of drug-likeness (QED) is 0.499. The zero-order valence-corrected chi connectivity index (χ0v) is 18.8. The number of aromatic nitrogens is 4. The molecule has 2 aliphatic heterocycles. The van der Waals surface area contributed by atoms with Crippen molar-refractivity contribution in [3.8, 4) is 11.3 Å². The first kappa shape index (κ1) is 19.6. The molecule has 2 bridgehead atoms. The maximum atomic E-state index is 13.3. The minimum atomic E-state index is -0.247. The highest BCUT2D eigenvalue weighted by Gasteiger charge is 2.38. The second kappa shape index (κ2) is 7.53. The van der Waals surface area contributed by atoms with Crippen LogP contribution in [0.2, 0.25) is 0 Å². The summed E-state index contributed by atoms with van der Waals surface area (Å²) in [5, 5.41) is 11.4. The molecule has 2 saturated heterocycles. The number of benzene rings is 1. The SMILES string of the molecule is CCc1nc2ccc(N3CC4CC3CN4)nn2c1N(C)c1nc(-c2ccc(F)cc2)cs1. The minimum absolute atomic E-state index is 0.247. The highest BCUT2D eigenvalue weighted by Crippen LogP contribution is 2.34. The van der Waals surface area contributed by atoms with E-state index >= 15 is 0 Å². The Morgan fingerprint density at radius 1 is 1.19 bits per heavy atom. The molecule has 4 aromatic rings. The Morgan fingerprint density at radius 2 is 2.03 bits per heavy atom. The topological polar surface area (TPSA) is 61.6 Å². The summed E-state index contributed by atoms with van der Waals surface area (Å²) in [6.07, 6.45) is 1.98. The van der Waals surface area contributed by atoms with Gasteiger partial charge in [-0.25, -0.2) is 14.4 Å². The van der Waals surface area contributed by atoms with Crippen molar-refractivity contribution in [2.24, 2.45) is 0 Å². The van der Waals surface area contributed by atoms with Gasteiger partial charge in [0.1, 0.15) is 11.6 Å². The van der Waals surface area contributed by atoms with Crippen molar-refractivity contribution in [3.05, 3.63) is 53.3 Å². The maximum Gasteiger partial charge on any atom is 0.191 e. The van der Waals surface area contributed by atoms with Crippen molar-refractivity contribution in [3.63, 3.8) is 0 Å². The van der Waals surface area contributed by atoms with Crippen molar-refractivity contribution < 1.29 is 4.39 Å². The summed E-state index contributed by atoms with van der Waals surface area (Å²) in [4.78, 5) is 14.1. The standard InChI is InChI=1S/C23H24FN7S/c1-3-18-22(29(2)23-27-19(13-32-23)14-4-6-15(24)7-5-14)31-20(26-18)8-9-21(28-31)30-12-16-10-17(30)11-25-16/h4-9,13,16-17,25H,3,10-12H2,1-2H3. The van der Waals surface area contributed by atoms with Gasteiger partial charge in [-0.15, -0.1) is 16.4 Å². The van der Waals surface area contributed by atoms with E-state index in [0.717, 1.165) is 58.9 Å². The van der Waals surface area contributed by atoms with Crippen LogP contribution in [0, 0.1) is 5.82 Å². The van der Waals surface area contributed by atoms with Crippen LogP contribution in [0.1, 0.15) is 19.0 Å². The van der Waals surface area contributed by atoms with Crippen LogP contribution in [0.4, 0.5) is 21.2 Å². The van der Waals surface area contributed by atoms with Gasteiger partial charge < -0.3 is 15.1 Å². The zero-order chi connectivity index (χ0) is 21.8. The molecule has 32 heavy (non-hydrogen) atoms. The fourth-order valence-electron chi connectivity index (χ4n) is 4.79. The van der Waals surface area contributed by atoms with E-state index in [0.29, 0.717) is 12.1 Å². The number of nitrogens with one attached hydrogen (secondary N) is 1. The molecule has 0 radical (unpaired) electrons. The number of anilines is 3. The summed E-state index contributed by atoms with van der Waals surface area (Å²) in [6, 6.07) is 11.7. The molecular weight excluding hydrogens is 425 g/mol. The highest BCUT2D eigenvalue weighted by molar-refractivity contribution is 7.14. The number of nitrogens with zero attached hydrogens (tertiary/aromatic N) is 6. The van der Waals surface area contributed by atoms with Crippen LogP contribution in [0.5, 0.6) is 0 Å². The van der Waals surface area contributed by atoms with Crippen LogP contribution in [0.3, 0.4) is 0 Å². The second-order valence-electron chi connectivity index (χ2n) is 8.43. The first-order chi connectivity index (χ1) is 15.6. The van der Waals surface area contributed by atoms with Gasteiger partial charge in [-0.3, -0.25) is 0 Å². The fraction of sp³-hybridized carbons (Fsp3) is 0.348. The predicted octanol–water partition coefficient (Wildman–Crippen LogP) is 3.87. The average Bonchev–Trinajstić information content (AvgIpc) is 3.61. The van der Waals surface area contributed by atoms with Gasteiger partial charge >= 0.3 is 0 Å². The molecule has 0 aliphatic carbocycles. The van der Waals surface area contributed by atoms with Crippen LogP contribution in [0.25, 0.3) is 16.9 Å². The van der Waals surface area contributed by atoms with Gasteiger partial charge in [-0.05, 0) is 49.2 Å². The minimum Gasteiger partial charge on any atom is -0.349 e. The number of piperazine rings is 1. The van der Waals surface area contributed by atoms with E-state index < -0.39 is 0 Å². The molecule has 2 atom stereocenters. The lowest BCUT2D eigenvalue weighted by Gasteiger charge is -2.28. The summed E-state index contributed by atoms with van der Waals surface area (Å²) in [6.45, 7) is 4.13. The van der Waals surface area contributed by atoms with Crippen molar-refractivity contribution in [2.75, 3.05) is 29.9 Å². The largest absolute Gasteiger partial charge is 0.349 e. The lowest BCUT2D eigenvalue weighted by Crippen LogP contribution is -2.44. The molecule has 164 valence electrons. The van der Waals surface area contributed by atoms with Gasteiger partial charge in [-0.2, -0.15) is 4.52 Å². The molecule has 3 aromatic heterocycles. The number of halogens is 1. The van der Waals surface area contributed by atoms with E-state index in [4.69, 9.17) is 15.1 Å². The van der Waals surface area contributed by atoms with Crippen LogP contribution < -0.4 is 15.1 Å². The third-order valence-electron chi connectivity index (χ3n) is 6.43. The summed E-state index contributed by atoms with van der Waals surface area (Å²) in [5.74, 6) is 1.68. The third-order valence-corrected chi connectivity index (χ3v) is 7.35. The Kier molecular flexibility index (Phi) is 4.62. The molecule has 0 amide bonds. The second-order valence-corrected chi connectivity index (χ2v) is 9.26. The Bertz CT molecular complexity index is 1280. The Balaban J connectivity index is 1.38. The van der Waals surface area contributed by atoms with Gasteiger partial charge in [0.25, 0.3) is 0 Å². The maximum absolute atomic E-state index is 13.3. The normalized spacial score (nSPS) is 19.9. The monoisotopic (exact) mass is 449 g/mol. The number of hydrogen-bond acceptors (Lipinski definition) is 7. The molecule has 2 aliphatic rings. The van der Waals surface area contributed by atoms with E-state index in [1.165, 1.54) is 18.6 Å². The van der Waals surface area contributed by atoms with E-state index in [1.807, 2.05) is 16.9 Å². The summed E-state index contributed by atoms with van der Waals surface area (Å²) >= 11 is 1.56. The number of rotatable bonds is 5. The number of thiazole rings is 1. The number of imidazole rings is 1. The van der Waals surface area contributed by atoms with Crippen LogP contribution in [-0.2, 0) is 6.42 Å². The third kappa shape index (κ3) is 3.15. The lowest BCUT2D eigenvalue weighted by atomic mass is 10.2. The molecule has 2 unspecified atom stereocenters. The molecule has 9 heteroatoms. The van der Waals surface area contributed by atoms with Crippen molar-refractivity contribution in [1.29, 1.82) is 0 Å². The van der Waals surface area contributed by atoms with E-state index in [2.05, 4.69) is 34.2 Å². The van der Waals surface area contributed by atoms with Crippen LogP contribution >= 0.6 is 11.3 Å². The first-order valence-electron chi connectivity index (χ1n) is 10.9. The van der Waals surface area contributed by atoms with Crippen molar-refractivity contribution in [1.82, 2.24) is 24.9 Å². The molecule has 1 aromatic carbocycles. The number of hydrogen-bond donors (Lipinski definition) is 1. The van der Waals surface area contributed by atoms with Crippen molar-refractivity contribution >= 4 is 33.8 Å². The van der Waals surface area contributed by atoms with Gasteiger partial charge in [0.05, 0.1) is 11.4 Å². The smallest absolute Gasteiger partial charge is 0.191 e. The highest BCUT2D eigenvalue weighted by atomic mass is 32.1. The molecule has 5 heterocycles. The van der Waals surface area contributed by atoms with E-state index in [1.54, 1.807) is 23.5 Å². The van der Waals surface area contributed by atoms with E-state index in [-0.39, 0.29) is 5.82 Å². The number of aryl methyl sites for hydroxylation is 1. The first-order valence-corrected chi connectivity index (χ1v) is 11.8. The van der Waals surface area contributed by atoms with Gasteiger partial charge in [-0.1, -0.05) is 6.92 Å². The summed E-state index contributed by atoms with van der Waals surface area (Å²) in [7, 11) is 2.01. The van der Waals surface area contributed by atoms with Gasteiger partial charge in [0.2, 0.25) is 0 Å². The average molecular weight is 450 g/mol. The molecule has 1 N–H and O–H groups in total. The predicted molar refractivity (Wildman–Crippen MR) is 125 cm³/mol. The molecule has 6 rings (SSSR count). The van der Waals surface area contributed by atoms with E-state index in [9.17, 15) is 4.39 Å². The number of fused-ring (bicyclic) bond motifs is 3. The molecule has 0 spiro atoms. The Morgan fingerprint density at radius 3 is 2.75 bits per heavy atom.